The lowest BCUT2D eigenvalue weighted by molar-refractivity contribution is -0.141. The molecule has 0 bridgehead atoms. The molecule has 0 radical (unpaired) electrons. The Bertz CT molecular complexity index is 396. The minimum atomic E-state index is 0. The van der Waals surface area contributed by atoms with Gasteiger partial charge in [-0.25, -0.2) is 0 Å². The third-order valence-electron chi connectivity index (χ3n) is 5.59. The third kappa shape index (κ3) is 2.15. The molecule has 0 aromatic carbocycles. The fourth-order valence-corrected chi connectivity index (χ4v) is 4.95. The van der Waals surface area contributed by atoms with Crippen LogP contribution in [0.4, 0.5) is 0 Å². The number of nitrogens with zero attached hydrogens (tertiary/aromatic N) is 2. The molecule has 0 aliphatic carbocycles. The van der Waals surface area contributed by atoms with Gasteiger partial charge in [0.2, 0.25) is 5.91 Å². The summed E-state index contributed by atoms with van der Waals surface area (Å²) in [6, 6.07) is 1.29. The van der Waals surface area contributed by atoms with Crippen molar-refractivity contribution in [2.45, 2.75) is 44.2 Å². The van der Waals surface area contributed by atoms with Crippen molar-refractivity contribution in [1.29, 1.82) is 0 Å². The first-order valence-corrected chi connectivity index (χ1v) is 7.56. The van der Waals surface area contributed by atoms with Gasteiger partial charge in [0.05, 0.1) is 0 Å². The van der Waals surface area contributed by atoms with Gasteiger partial charge in [0.1, 0.15) is 0 Å². The minimum absolute atomic E-state index is 0. The van der Waals surface area contributed by atoms with Crippen LogP contribution in [-0.4, -0.2) is 47.4 Å². The van der Waals surface area contributed by atoms with E-state index in [1.807, 2.05) is 0 Å². The zero-order valence-corrected chi connectivity index (χ0v) is 13.7. The normalized spacial score (nSPS) is 41.3. The van der Waals surface area contributed by atoms with Crippen molar-refractivity contribution in [2.24, 2.45) is 11.8 Å². The number of hydrogen-bond donors (Lipinski definition) is 0. The molecule has 0 aromatic heterocycles. The summed E-state index contributed by atoms with van der Waals surface area (Å²) in [6.45, 7) is 3.62. The van der Waals surface area contributed by atoms with Gasteiger partial charge in [0.15, 0.2) is 0 Å². The predicted octanol–water partition coefficient (Wildman–Crippen LogP) is 2.27. The van der Waals surface area contributed by atoms with Crippen LogP contribution in [0.5, 0.6) is 0 Å². The zero-order valence-electron chi connectivity index (χ0n) is 11.3. The highest BCUT2D eigenvalue weighted by Crippen LogP contribution is 2.43. The van der Waals surface area contributed by atoms with Crippen LogP contribution >= 0.6 is 24.0 Å². The molecule has 3 saturated heterocycles. The van der Waals surface area contributed by atoms with Gasteiger partial charge in [-0.3, -0.25) is 9.69 Å². The van der Waals surface area contributed by atoms with Crippen molar-refractivity contribution in [3.63, 3.8) is 0 Å². The molecule has 0 spiro atoms. The lowest BCUT2D eigenvalue weighted by atomic mass is 9.68. The molecular formula is C15H23IN2O. The minimum Gasteiger partial charge on any atom is -0.335 e. The molecule has 1 amide bonds. The number of fused-ring (bicyclic) bond motifs is 2. The number of carbonyl (C=O) groups is 1. The van der Waals surface area contributed by atoms with E-state index in [0.29, 0.717) is 6.04 Å². The quantitative estimate of drug-likeness (QED) is 0.608. The zero-order chi connectivity index (χ0) is 12.1. The first kappa shape index (κ1) is 13.9. The molecule has 3 nitrogen and oxygen atoms in total. The highest BCUT2D eigenvalue weighted by molar-refractivity contribution is 14.0. The van der Waals surface area contributed by atoms with Gasteiger partial charge < -0.3 is 4.90 Å². The second-order valence-electron chi connectivity index (χ2n) is 6.43. The maximum Gasteiger partial charge on any atom is 0.246 e. The number of rotatable bonds is 0. The Labute approximate surface area is 132 Å². The summed E-state index contributed by atoms with van der Waals surface area (Å²) < 4.78 is 0. The molecule has 0 N–H and O–H groups in total. The molecule has 19 heavy (non-hydrogen) atoms. The number of amides is 1. The maximum absolute atomic E-state index is 12.1. The van der Waals surface area contributed by atoms with Crippen LogP contribution in [0.25, 0.3) is 0 Å². The molecule has 4 heteroatoms. The second-order valence-corrected chi connectivity index (χ2v) is 6.43. The van der Waals surface area contributed by atoms with Gasteiger partial charge >= 0.3 is 0 Å². The summed E-state index contributed by atoms with van der Waals surface area (Å²) in [5, 5.41) is 0. The largest absolute Gasteiger partial charge is 0.335 e. The van der Waals surface area contributed by atoms with Gasteiger partial charge in [0.25, 0.3) is 0 Å². The Hall–Kier alpha value is -0.100. The number of piperidine rings is 3. The number of carbonyl (C=O) groups excluding carboxylic acids is 1. The van der Waals surface area contributed by atoms with Crippen LogP contribution in [0.1, 0.15) is 32.1 Å². The van der Waals surface area contributed by atoms with Crippen LogP contribution in [0.2, 0.25) is 0 Å². The van der Waals surface area contributed by atoms with Crippen molar-refractivity contribution in [1.82, 2.24) is 9.80 Å². The van der Waals surface area contributed by atoms with Crippen LogP contribution in [0.15, 0.2) is 12.2 Å². The molecule has 4 aliphatic rings. The van der Waals surface area contributed by atoms with Crippen LogP contribution in [0, 0.1) is 11.8 Å². The van der Waals surface area contributed by atoms with Crippen molar-refractivity contribution >= 4 is 29.9 Å². The predicted molar refractivity (Wildman–Crippen MR) is 85.5 cm³/mol. The molecule has 4 atom stereocenters. The molecule has 106 valence electrons. The maximum atomic E-state index is 12.1. The monoisotopic (exact) mass is 374 g/mol. The van der Waals surface area contributed by atoms with Crippen molar-refractivity contribution in [2.75, 3.05) is 19.6 Å². The molecule has 0 saturated carbocycles. The van der Waals surface area contributed by atoms with Gasteiger partial charge in [-0.1, -0.05) is 6.08 Å². The summed E-state index contributed by atoms with van der Waals surface area (Å²) >= 11 is 0. The summed E-state index contributed by atoms with van der Waals surface area (Å²) in [5.41, 5.74) is 0. The number of halogens is 1. The van der Waals surface area contributed by atoms with Gasteiger partial charge in [-0.2, -0.15) is 0 Å². The molecule has 4 unspecified atom stereocenters. The van der Waals surface area contributed by atoms with Crippen molar-refractivity contribution < 1.29 is 4.79 Å². The van der Waals surface area contributed by atoms with Gasteiger partial charge in [-0.15, -0.1) is 24.0 Å². The molecule has 4 aliphatic heterocycles. The molecule has 3 fully saturated rings. The summed E-state index contributed by atoms with van der Waals surface area (Å²) in [4.78, 5) is 17.0. The molecule has 0 aromatic rings. The van der Waals surface area contributed by atoms with E-state index in [-0.39, 0.29) is 29.9 Å². The average molecular weight is 374 g/mol. The first-order valence-electron chi connectivity index (χ1n) is 7.56. The van der Waals surface area contributed by atoms with Gasteiger partial charge in [-0.05, 0) is 63.1 Å². The fourth-order valence-electron chi connectivity index (χ4n) is 4.95. The Balaban J connectivity index is 0.00000110. The van der Waals surface area contributed by atoms with E-state index >= 15 is 0 Å². The Morgan fingerprint density at radius 3 is 2.79 bits per heavy atom. The van der Waals surface area contributed by atoms with Crippen molar-refractivity contribution in [3.05, 3.63) is 12.2 Å². The fraction of sp³-hybridized carbons (Fsp3) is 0.800. The van der Waals surface area contributed by atoms with Crippen LogP contribution in [0.3, 0.4) is 0 Å². The highest BCUT2D eigenvalue weighted by Gasteiger charge is 2.49. The second kappa shape index (κ2) is 5.35. The lowest BCUT2D eigenvalue weighted by Crippen LogP contribution is -2.65. The van der Waals surface area contributed by atoms with E-state index in [0.717, 1.165) is 30.8 Å². The topological polar surface area (TPSA) is 23.6 Å². The molecular weight excluding hydrogens is 351 g/mol. The highest BCUT2D eigenvalue weighted by atomic mass is 127. The first-order chi connectivity index (χ1) is 8.84. The van der Waals surface area contributed by atoms with E-state index in [9.17, 15) is 4.79 Å². The van der Waals surface area contributed by atoms with E-state index in [4.69, 9.17) is 0 Å². The van der Waals surface area contributed by atoms with Crippen LogP contribution in [-0.2, 0) is 4.79 Å². The molecule has 4 rings (SSSR count). The SMILES string of the molecule is I.O=C1C=CCC2C3CCCN4CCCC(CN12)C34. The van der Waals surface area contributed by atoms with E-state index in [1.165, 1.54) is 38.8 Å². The Kier molecular flexibility index (Phi) is 3.91. The van der Waals surface area contributed by atoms with Gasteiger partial charge in [0, 0.05) is 18.6 Å². The van der Waals surface area contributed by atoms with Crippen LogP contribution < -0.4 is 0 Å². The average Bonchev–Trinajstić information content (AvgIpc) is 2.41. The third-order valence-corrected chi connectivity index (χ3v) is 5.59. The smallest absolute Gasteiger partial charge is 0.246 e. The summed E-state index contributed by atoms with van der Waals surface area (Å²) in [6.07, 6.45) is 10.3. The Morgan fingerprint density at radius 2 is 1.95 bits per heavy atom. The molecule has 4 heterocycles. The Morgan fingerprint density at radius 1 is 1.16 bits per heavy atom. The van der Waals surface area contributed by atoms with Crippen molar-refractivity contribution in [3.8, 4) is 0 Å². The lowest BCUT2D eigenvalue weighted by Gasteiger charge is -2.57. The summed E-state index contributed by atoms with van der Waals surface area (Å²) in [5.74, 6) is 1.76. The standard InChI is InChI=1S/C15H22N2O.HI/c18-14-7-1-6-13-12-5-3-9-16-8-2-4-11(15(12)16)10-17(13)14;/h1,7,11-13,15H,2-6,8-10H2;1H. The summed E-state index contributed by atoms with van der Waals surface area (Å²) in [7, 11) is 0. The number of hydrogen-bond acceptors (Lipinski definition) is 2. The van der Waals surface area contributed by atoms with E-state index < -0.39 is 0 Å². The van der Waals surface area contributed by atoms with E-state index in [2.05, 4.69) is 15.9 Å². The van der Waals surface area contributed by atoms with E-state index in [1.54, 1.807) is 6.08 Å².